The smallest absolute Gasteiger partial charge is 0.0162 e. The Labute approximate surface area is 76.9 Å². The molecule has 0 aromatic carbocycles. The summed E-state index contributed by atoms with van der Waals surface area (Å²) in [6.07, 6.45) is 1.26. The zero-order valence-corrected chi connectivity index (χ0v) is 8.93. The molecule has 2 unspecified atom stereocenters. The molecule has 0 saturated carbocycles. The second-order valence-corrected chi connectivity index (χ2v) is 3.91. The van der Waals surface area contributed by atoms with Gasteiger partial charge in [-0.15, -0.1) is 0 Å². The fraction of sp³-hybridized carbons (Fsp3) is 1.00. The van der Waals surface area contributed by atoms with Gasteiger partial charge >= 0.3 is 0 Å². The molecule has 0 saturated heterocycles. The monoisotopic (exact) mass is 172 g/mol. The van der Waals surface area contributed by atoms with E-state index in [-0.39, 0.29) is 0 Å². The summed E-state index contributed by atoms with van der Waals surface area (Å²) in [6.45, 7) is 10.8. The molecule has 0 heterocycles. The normalized spacial score (nSPS) is 18.8. The Morgan fingerprint density at radius 2 is 1.75 bits per heavy atom. The van der Waals surface area contributed by atoms with Crippen LogP contribution in [0.25, 0.3) is 0 Å². The van der Waals surface area contributed by atoms with Crippen molar-refractivity contribution >= 4 is 0 Å². The topological polar surface area (TPSA) is 38.0 Å². The summed E-state index contributed by atoms with van der Waals surface area (Å²) in [5.41, 5.74) is 5.50. The molecule has 3 atom stereocenters. The molecule has 0 bridgehead atoms. The van der Waals surface area contributed by atoms with Crippen LogP contribution >= 0.6 is 0 Å². The summed E-state index contributed by atoms with van der Waals surface area (Å²) in [5, 5.41) is 3.42. The number of hydrogen-bond donors (Lipinski definition) is 2. The van der Waals surface area contributed by atoms with Gasteiger partial charge in [-0.2, -0.15) is 0 Å². The van der Waals surface area contributed by atoms with Crippen LogP contribution < -0.4 is 11.1 Å². The van der Waals surface area contributed by atoms with Gasteiger partial charge in [0.05, 0.1) is 0 Å². The van der Waals surface area contributed by atoms with Gasteiger partial charge in [0.25, 0.3) is 0 Å². The molecule has 12 heavy (non-hydrogen) atoms. The fourth-order valence-electron chi connectivity index (χ4n) is 1.07. The molecule has 3 N–H and O–H groups in total. The molecule has 0 aromatic rings. The first kappa shape index (κ1) is 11.9. The van der Waals surface area contributed by atoms with E-state index in [1.54, 1.807) is 0 Å². The van der Waals surface area contributed by atoms with Crippen LogP contribution in [0.3, 0.4) is 0 Å². The van der Waals surface area contributed by atoms with Crippen LogP contribution in [0.2, 0.25) is 0 Å². The maximum atomic E-state index is 5.50. The van der Waals surface area contributed by atoms with Gasteiger partial charge in [-0.1, -0.05) is 27.2 Å². The van der Waals surface area contributed by atoms with E-state index in [1.165, 1.54) is 6.42 Å². The lowest BCUT2D eigenvalue weighted by Crippen LogP contribution is -2.37. The van der Waals surface area contributed by atoms with Crippen LogP contribution in [0.15, 0.2) is 0 Å². The van der Waals surface area contributed by atoms with E-state index < -0.39 is 0 Å². The summed E-state index contributed by atoms with van der Waals surface area (Å²) in [5.74, 6) is 1.56. The minimum atomic E-state index is 0.455. The summed E-state index contributed by atoms with van der Waals surface area (Å²) >= 11 is 0. The number of rotatable bonds is 6. The fourth-order valence-corrected chi connectivity index (χ4v) is 1.07. The molecule has 2 heteroatoms. The molecule has 0 aliphatic carbocycles. The molecule has 0 fully saturated rings. The van der Waals surface area contributed by atoms with Crippen LogP contribution in [-0.2, 0) is 0 Å². The highest BCUT2D eigenvalue weighted by Gasteiger charge is 2.10. The van der Waals surface area contributed by atoms with Gasteiger partial charge in [-0.25, -0.2) is 0 Å². The van der Waals surface area contributed by atoms with Crippen LogP contribution in [0.4, 0.5) is 0 Å². The van der Waals surface area contributed by atoms with E-state index in [0.29, 0.717) is 6.04 Å². The Morgan fingerprint density at radius 1 is 1.17 bits per heavy atom. The van der Waals surface area contributed by atoms with Crippen LogP contribution in [0, 0.1) is 11.8 Å². The SMILES string of the molecule is CCC(C)C(C)CN[C@H](C)CN. The van der Waals surface area contributed by atoms with Gasteiger partial charge in [-0.05, 0) is 25.3 Å². The molecule has 0 aromatic heterocycles. The van der Waals surface area contributed by atoms with E-state index in [1.807, 2.05) is 0 Å². The largest absolute Gasteiger partial charge is 0.329 e. The quantitative estimate of drug-likeness (QED) is 0.639. The predicted octanol–water partition coefficient (Wildman–Crippen LogP) is 1.61. The van der Waals surface area contributed by atoms with Gasteiger partial charge in [-0.3, -0.25) is 0 Å². The van der Waals surface area contributed by atoms with Crippen molar-refractivity contribution in [1.82, 2.24) is 5.32 Å². The van der Waals surface area contributed by atoms with E-state index in [2.05, 4.69) is 33.0 Å². The minimum Gasteiger partial charge on any atom is -0.329 e. The summed E-state index contributed by atoms with van der Waals surface area (Å²) < 4.78 is 0. The van der Waals surface area contributed by atoms with Crippen molar-refractivity contribution in [3.8, 4) is 0 Å². The molecule has 0 aliphatic heterocycles. The molecular weight excluding hydrogens is 148 g/mol. The van der Waals surface area contributed by atoms with E-state index in [9.17, 15) is 0 Å². The zero-order chi connectivity index (χ0) is 9.56. The first-order chi connectivity index (χ1) is 5.61. The lowest BCUT2D eigenvalue weighted by molar-refractivity contribution is 0.345. The predicted molar refractivity (Wildman–Crippen MR) is 55.1 cm³/mol. The third-order valence-corrected chi connectivity index (χ3v) is 2.76. The van der Waals surface area contributed by atoms with E-state index in [0.717, 1.165) is 24.9 Å². The lowest BCUT2D eigenvalue weighted by atomic mass is 9.93. The zero-order valence-electron chi connectivity index (χ0n) is 8.93. The van der Waals surface area contributed by atoms with Gasteiger partial charge in [0.1, 0.15) is 0 Å². The first-order valence-corrected chi connectivity index (χ1v) is 5.05. The molecule has 0 rings (SSSR count). The molecule has 0 amide bonds. The molecule has 2 nitrogen and oxygen atoms in total. The second-order valence-electron chi connectivity index (χ2n) is 3.91. The van der Waals surface area contributed by atoms with E-state index in [4.69, 9.17) is 5.73 Å². The Bertz CT molecular complexity index is 104. The van der Waals surface area contributed by atoms with Crippen molar-refractivity contribution in [2.45, 2.75) is 40.2 Å². The Hall–Kier alpha value is -0.0800. The second kappa shape index (κ2) is 6.44. The van der Waals surface area contributed by atoms with Crippen LogP contribution in [0.5, 0.6) is 0 Å². The number of nitrogens with two attached hydrogens (primary N) is 1. The average molecular weight is 172 g/mol. The highest BCUT2D eigenvalue weighted by molar-refractivity contribution is 4.67. The van der Waals surface area contributed by atoms with Gasteiger partial charge < -0.3 is 11.1 Å². The maximum absolute atomic E-state index is 5.50. The van der Waals surface area contributed by atoms with E-state index >= 15 is 0 Å². The lowest BCUT2D eigenvalue weighted by Gasteiger charge is -2.21. The number of hydrogen-bond acceptors (Lipinski definition) is 2. The summed E-state index contributed by atoms with van der Waals surface area (Å²) in [7, 11) is 0. The average Bonchev–Trinajstić information content (AvgIpc) is 2.11. The van der Waals surface area contributed by atoms with Crippen LogP contribution in [0.1, 0.15) is 34.1 Å². The molecule has 0 spiro atoms. The highest BCUT2D eigenvalue weighted by Crippen LogP contribution is 2.12. The number of nitrogens with one attached hydrogen (secondary N) is 1. The van der Waals surface area contributed by atoms with Gasteiger partial charge in [0, 0.05) is 12.6 Å². The first-order valence-electron chi connectivity index (χ1n) is 5.05. The van der Waals surface area contributed by atoms with Crippen molar-refractivity contribution < 1.29 is 0 Å². The highest BCUT2D eigenvalue weighted by atomic mass is 14.9. The Balaban J connectivity index is 3.49. The maximum Gasteiger partial charge on any atom is 0.0162 e. The summed E-state index contributed by atoms with van der Waals surface area (Å²) in [6, 6.07) is 0.455. The molecule has 74 valence electrons. The molecular formula is C10H24N2. The van der Waals surface area contributed by atoms with Crippen molar-refractivity contribution in [2.75, 3.05) is 13.1 Å². The van der Waals surface area contributed by atoms with Crippen molar-refractivity contribution in [1.29, 1.82) is 0 Å². The van der Waals surface area contributed by atoms with Crippen molar-refractivity contribution in [3.05, 3.63) is 0 Å². The third-order valence-electron chi connectivity index (χ3n) is 2.76. The third kappa shape index (κ3) is 4.73. The standard InChI is InChI=1S/C10H24N2/c1-5-8(2)9(3)7-12-10(4)6-11/h8-10,12H,5-7,11H2,1-4H3/t8?,9?,10-/m1/s1. The van der Waals surface area contributed by atoms with Crippen molar-refractivity contribution in [3.63, 3.8) is 0 Å². The molecule has 0 aliphatic rings. The van der Waals surface area contributed by atoms with Gasteiger partial charge in [0.2, 0.25) is 0 Å². The Kier molecular flexibility index (Phi) is 6.39. The van der Waals surface area contributed by atoms with Crippen molar-refractivity contribution in [2.24, 2.45) is 17.6 Å². The van der Waals surface area contributed by atoms with Crippen LogP contribution in [-0.4, -0.2) is 19.1 Å². The molecule has 0 radical (unpaired) electrons. The summed E-state index contributed by atoms with van der Waals surface area (Å²) in [4.78, 5) is 0. The minimum absolute atomic E-state index is 0.455. The Morgan fingerprint density at radius 3 is 2.17 bits per heavy atom. The van der Waals surface area contributed by atoms with Gasteiger partial charge in [0.15, 0.2) is 0 Å².